The molecule has 0 aromatic carbocycles. The molecule has 3 aliphatic heterocycles. The Morgan fingerprint density at radius 1 is 0.512 bits per heavy atom. The first-order chi connectivity index (χ1) is 19.4. The van der Waals surface area contributed by atoms with E-state index < -0.39 is 17.9 Å². The Labute approximate surface area is 260 Å². The molecular weight excluding hydrogens is 548 g/mol. The number of hydrogen-bond acceptors (Lipinski definition) is 10. The molecule has 3 atom stereocenters. The molecule has 3 unspecified atom stereocenters. The molecule has 3 saturated heterocycles. The van der Waals surface area contributed by atoms with Crippen LogP contribution in [0.25, 0.3) is 0 Å². The summed E-state index contributed by atoms with van der Waals surface area (Å²) in [5.74, 6) is -0.995. The minimum Gasteiger partial charge on any atom is -0.464 e. The molecule has 10 nitrogen and oxygen atoms in total. The molecule has 3 fully saturated rings. The molecule has 0 saturated carbocycles. The van der Waals surface area contributed by atoms with Crippen LogP contribution in [0, 0.1) is 17.8 Å². The minimum absolute atomic E-state index is 0.0443. The van der Waals surface area contributed by atoms with Crippen molar-refractivity contribution in [1.29, 1.82) is 0 Å². The van der Waals surface area contributed by atoms with Gasteiger partial charge in [0.1, 0.15) is 0 Å². The van der Waals surface area contributed by atoms with Crippen LogP contribution in [0.4, 0.5) is 0 Å². The second kappa shape index (κ2) is 12.6. The van der Waals surface area contributed by atoms with Gasteiger partial charge >= 0.3 is 17.9 Å². The summed E-state index contributed by atoms with van der Waals surface area (Å²) in [6, 6.07) is 0. The maximum absolute atomic E-state index is 13.0. The maximum atomic E-state index is 13.0. The Balaban J connectivity index is 1.59. The van der Waals surface area contributed by atoms with Crippen molar-refractivity contribution < 1.29 is 28.6 Å². The van der Waals surface area contributed by atoms with E-state index in [1.54, 1.807) is 0 Å². The molecule has 3 aliphatic rings. The molecule has 0 amide bonds. The third-order valence-corrected chi connectivity index (χ3v) is 9.71. The van der Waals surface area contributed by atoms with E-state index in [0.717, 1.165) is 19.3 Å². The molecule has 0 radical (unpaired) electrons. The van der Waals surface area contributed by atoms with Crippen LogP contribution in [0.15, 0.2) is 0 Å². The molecule has 3 heterocycles. The third kappa shape index (κ3) is 10.1. The lowest BCUT2D eigenvalue weighted by Crippen LogP contribution is -2.46. The van der Waals surface area contributed by atoms with Gasteiger partial charge in [0, 0.05) is 51.0 Å². The first-order valence-electron chi connectivity index (χ1n) is 16.0. The van der Waals surface area contributed by atoms with Crippen LogP contribution in [0.1, 0.15) is 102 Å². The molecule has 0 spiro atoms. The van der Waals surface area contributed by atoms with Crippen LogP contribution in [-0.4, -0.2) is 95.5 Å². The van der Waals surface area contributed by atoms with Crippen molar-refractivity contribution in [3.8, 4) is 0 Å². The summed E-state index contributed by atoms with van der Waals surface area (Å²) >= 11 is 0. The molecule has 3 rings (SSSR count). The number of esters is 3. The van der Waals surface area contributed by atoms with E-state index in [1.165, 1.54) is 4.90 Å². The quantitative estimate of drug-likeness (QED) is 0.225. The first-order valence-corrected chi connectivity index (χ1v) is 16.0. The molecule has 0 aliphatic carbocycles. The van der Waals surface area contributed by atoms with Crippen molar-refractivity contribution in [2.45, 2.75) is 136 Å². The van der Waals surface area contributed by atoms with Gasteiger partial charge in [-0.2, -0.15) is 0 Å². The minimum atomic E-state index is -0.480. The zero-order chi connectivity index (χ0) is 32.6. The summed E-state index contributed by atoms with van der Waals surface area (Å²) in [4.78, 5) is 40.4. The fourth-order valence-corrected chi connectivity index (χ4v) is 7.92. The largest absolute Gasteiger partial charge is 0.464 e. The van der Waals surface area contributed by atoms with E-state index in [0.29, 0.717) is 0 Å². The Hall–Kier alpha value is -1.75. The fourth-order valence-electron chi connectivity index (χ4n) is 7.92. The topological polar surface area (TPSA) is 118 Å². The highest BCUT2D eigenvalue weighted by atomic mass is 16.5. The molecule has 0 aromatic rings. The monoisotopic (exact) mass is 608 g/mol. The van der Waals surface area contributed by atoms with E-state index in [1.807, 2.05) is 0 Å². The van der Waals surface area contributed by atoms with Crippen molar-refractivity contribution in [3.05, 3.63) is 0 Å². The predicted molar refractivity (Wildman–Crippen MR) is 168 cm³/mol. The first kappa shape index (κ1) is 35.7. The van der Waals surface area contributed by atoms with E-state index in [4.69, 9.17) is 14.2 Å². The van der Waals surface area contributed by atoms with Gasteiger partial charge in [0.2, 0.25) is 0 Å². The predicted octanol–water partition coefficient (Wildman–Crippen LogP) is 3.42. The summed E-state index contributed by atoms with van der Waals surface area (Å²) in [6.07, 6.45) is 2.63. The van der Waals surface area contributed by atoms with Crippen LogP contribution < -0.4 is 16.0 Å². The second-order valence-electron chi connectivity index (χ2n) is 17.1. The van der Waals surface area contributed by atoms with E-state index in [2.05, 4.69) is 99.0 Å². The molecule has 3 N–H and O–H groups in total. The molecule has 0 aromatic heterocycles. The number of rotatable bonds is 12. The number of ether oxygens (including phenoxy) is 3. The number of nitrogens with one attached hydrogen (secondary N) is 3. The van der Waals surface area contributed by atoms with Crippen LogP contribution in [-0.2, 0) is 28.6 Å². The number of carbonyl (C=O) groups is 3. The molecule has 10 heteroatoms. The molecule has 248 valence electrons. The Bertz CT molecular complexity index is 906. The Morgan fingerprint density at radius 3 is 0.930 bits per heavy atom. The van der Waals surface area contributed by atoms with Crippen LogP contribution in [0.2, 0.25) is 0 Å². The maximum Gasteiger partial charge on any atom is 0.320 e. The van der Waals surface area contributed by atoms with Crippen molar-refractivity contribution in [2.75, 3.05) is 39.5 Å². The van der Waals surface area contributed by atoms with Gasteiger partial charge in [-0.3, -0.25) is 19.3 Å². The van der Waals surface area contributed by atoms with Gasteiger partial charge in [0.15, 0.2) is 0 Å². The number of carbonyl (C=O) groups excluding carboxylic acids is 3. The Morgan fingerprint density at radius 2 is 0.744 bits per heavy atom. The number of hydrogen-bond donors (Lipinski definition) is 3. The van der Waals surface area contributed by atoms with E-state index in [9.17, 15) is 14.4 Å². The summed E-state index contributed by atoms with van der Waals surface area (Å²) < 4.78 is 17.1. The summed E-state index contributed by atoms with van der Waals surface area (Å²) in [5.41, 5.74) is -0.657. The molecule has 0 bridgehead atoms. The molecular formula is C33H60N4O6. The van der Waals surface area contributed by atoms with Crippen LogP contribution >= 0.6 is 0 Å². The van der Waals surface area contributed by atoms with Gasteiger partial charge < -0.3 is 30.2 Å². The highest BCUT2D eigenvalue weighted by Gasteiger charge is 2.46. The fraction of sp³-hybridized carbons (Fsp3) is 0.909. The summed E-state index contributed by atoms with van der Waals surface area (Å²) in [6.45, 7) is 25.7. The lowest BCUT2D eigenvalue weighted by Gasteiger charge is -2.29. The lowest BCUT2D eigenvalue weighted by atomic mass is 9.88. The average molecular weight is 609 g/mol. The van der Waals surface area contributed by atoms with Crippen LogP contribution in [0.5, 0.6) is 0 Å². The number of nitrogens with zero attached hydrogens (tertiary/aromatic N) is 1. The van der Waals surface area contributed by atoms with Crippen molar-refractivity contribution in [1.82, 2.24) is 20.9 Å². The highest BCUT2D eigenvalue weighted by Crippen LogP contribution is 2.37. The standard InChI is InChI=1S/C33H60N4O6/c1-28(2)13-22(31(7,8)34-28)19-41-25(38)16-37(17-26(39)42-20-23-14-29(3,4)35-32(23,9)10)18-27(40)43-21-24-15-30(5,6)36-33(24,11)12/h22-24,34-36H,13-21H2,1-12H3. The second-order valence-corrected chi connectivity index (χ2v) is 17.1. The summed E-state index contributed by atoms with van der Waals surface area (Å²) in [5, 5.41) is 10.8. The zero-order valence-electron chi connectivity index (χ0n) is 29.0. The summed E-state index contributed by atoms with van der Waals surface area (Å²) in [7, 11) is 0. The van der Waals surface area contributed by atoms with E-state index >= 15 is 0 Å². The van der Waals surface area contributed by atoms with Crippen molar-refractivity contribution >= 4 is 17.9 Å². The SMILES string of the molecule is CC1(C)CC(COC(=O)CN(CC(=O)OCC2CC(C)(C)NC2(C)C)CC(=O)OCC2CC(C)(C)NC2(C)C)C(C)(C)N1. The highest BCUT2D eigenvalue weighted by molar-refractivity contribution is 5.78. The smallest absolute Gasteiger partial charge is 0.320 e. The van der Waals surface area contributed by atoms with Crippen LogP contribution in [0.3, 0.4) is 0 Å². The van der Waals surface area contributed by atoms with Gasteiger partial charge in [-0.1, -0.05) is 0 Å². The Kier molecular flexibility index (Phi) is 10.4. The van der Waals surface area contributed by atoms with Gasteiger partial charge in [-0.25, -0.2) is 0 Å². The van der Waals surface area contributed by atoms with Gasteiger partial charge in [0.25, 0.3) is 0 Å². The van der Waals surface area contributed by atoms with Crippen molar-refractivity contribution in [2.24, 2.45) is 17.8 Å². The van der Waals surface area contributed by atoms with Gasteiger partial charge in [0.05, 0.1) is 39.5 Å². The average Bonchev–Trinajstić information content (AvgIpc) is 3.25. The van der Waals surface area contributed by atoms with Crippen molar-refractivity contribution in [3.63, 3.8) is 0 Å². The van der Waals surface area contributed by atoms with Gasteiger partial charge in [-0.15, -0.1) is 0 Å². The van der Waals surface area contributed by atoms with Gasteiger partial charge in [-0.05, 0) is 102 Å². The van der Waals surface area contributed by atoms with E-state index in [-0.39, 0.29) is 90.4 Å². The molecule has 43 heavy (non-hydrogen) atoms. The third-order valence-electron chi connectivity index (χ3n) is 9.71. The normalized spacial score (nSPS) is 29.4. The lowest BCUT2D eigenvalue weighted by molar-refractivity contribution is -0.153. The zero-order valence-corrected chi connectivity index (χ0v) is 29.0.